The van der Waals surface area contributed by atoms with Crippen molar-refractivity contribution in [3.63, 3.8) is 0 Å². The van der Waals surface area contributed by atoms with Gasteiger partial charge in [0.1, 0.15) is 0 Å². The van der Waals surface area contributed by atoms with Gasteiger partial charge in [-0.3, -0.25) is 0 Å². The van der Waals surface area contributed by atoms with E-state index in [4.69, 9.17) is 9.84 Å². The number of hydrogen-bond donors (Lipinski definition) is 2. The molecule has 0 saturated heterocycles. The van der Waals surface area contributed by atoms with Crippen LogP contribution in [0.4, 0.5) is 5.95 Å². The third kappa shape index (κ3) is 5.29. The van der Waals surface area contributed by atoms with Crippen molar-refractivity contribution >= 4 is 5.95 Å². The fourth-order valence-corrected chi connectivity index (χ4v) is 1.08. The third-order valence-corrected chi connectivity index (χ3v) is 1.78. The van der Waals surface area contributed by atoms with E-state index in [9.17, 15) is 0 Å². The summed E-state index contributed by atoms with van der Waals surface area (Å²) < 4.78 is 5.11. The van der Waals surface area contributed by atoms with Gasteiger partial charge in [0, 0.05) is 25.0 Å². The Morgan fingerprint density at radius 2 is 2.33 bits per heavy atom. The Morgan fingerprint density at radius 3 is 3.07 bits per heavy atom. The standard InChI is InChI=1S/C10H17N3O2/c1-9-3-5-12-10(13-9)11-4-2-7-15-8-6-14/h3,5,14H,2,4,6-8H2,1H3,(H,11,12,13). The Hall–Kier alpha value is -1.20. The van der Waals surface area contributed by atoms with Gasteiger partial charge in [-0.15, -0.1) is 0 Å². The minimum Gasteiger partial charge on any atom is -0.394 e. The van der Waals surface area contributed by atoms with Gasteiger partial charge in [-0.2, -0.15) is 0 Å². The molecule has 15 heavy (non-hydrogen) atoms. The molecule has 2 N–H and O–H groups in total. The number of aromatic nitrogens is 2. The van der Waals surface area contributed by atoms with Gasteiger partial charge in [0.2, 0.25) is 5.95 Å². The molecule has 0 spiro atoms. The van der Waals surface area contributed by atoms with Crippen molar-refractivity contribution in [1.29, 1.82) is 0 Å². The van der Waals surface area contributed by atoms with Crippen molar-refractivity contribution in [2.45, 2.75) is 13.3 Å². The van der Waals surface area contributed by atoms with Gasteiger partial charge < -0.3 is 15.2 Å². The molecule has 0 saturated carbocycles. The summed E-state index contributed by atoms with van der Waals surface area (Å²) >= 11 is 0. The van der Waals surface area contributed by atoms with E-state index in [1.807, 2.05) is 13.0 Å². The van der Waals surface area contributed by atoms with Gasteiger partial charge >= 0.3 is 0 Å². The molecule has 0 radical (unpaired) electrons. The first-order valence-electron chi connectivity index (χ1n) is 5.05. The van der Waals surface area contributed by atoms with E-state index in [1.54, 1.807) is 6.20 Å². The number of hydrogen-bond acceptors (Lipinski definition) is 5. The summed E-state index contributed by atoms with van der Waals surface area (Å²) in [4.78, 5) is 8.27. The molecule has 1 aromatic heterocycles. The molecule has 0 bridgehead atoms. The number of ether oxygens (including phenoxy) is 1. The summed E-state index contributed by atoms with van der Waals surface area (Å²) in [5.74, 6) is 0.650. The fraction of sp³-hybridized carbons (Fsp3) is 0.600. The SMILES string of the molecule is Cc1ccnc(NCCCOCCO)n1. The second kappa shape index (κ2) is 7.14. The van der Waals surface area contributed by atoms with Crippen molar-refractivity contribution in [3.8, 4) is 0 Å². The third-order valence-electron chi connectivity index (χ3n) is 1.78. The van der Waals surface area contributed by atoms with Crippen LogP contribution in [0.5, 0.6) is 0 Å². The zero-order chi connectivity index (χ0) is 10.9. The lowest BCUT2D eigenvalue weighted by Crippen LogP contribution is -2.09. The van der Waals surface area contributed by atoms with Gasteiger partial charge in [0.15, 0.2) is 0 Å². The number of anilines is 1. The average Bonchev–Trinajstić information content (AvgIpc) is 2.23. The lowest BCUT2D eigenvalue weighted by molar-refractivity contribution is 0.0921. The van der Waals surface area contributed by atoms with Crippen LogP contribution in [0.25, 0.3) is 0 Å². The zero-order valence-corrected chi connectivity index (χ0v) is 8.94. The predicted molar refractivity (Wildman–Crippen MR) is 57.8 cm³/mol. The van der Waals surface area contributed by atoms with Crippen LogP contribution in [0, 0.1) is 6.92 Å². The van der Waals surface area contributed by atoms with Crippen LogP contribution in [-0.2, 0) is 4.74 Å². The van der Waals surface area contributed by atoms with Crippen molar-refractivity contribution in [3.05, 3.63) is 18.0 Å². The van der Waals surface area contributed by atoms with E-state index in [1.165, 1.54) is 0 Å². The molecule has 1 rings (SSSR count). The molecule has 0 fully saturated rings. The summed E-state index contributed by atoms with van der Waals surface area (Å²) in [6, 6.07) is 1.86. The maximum Gasteiger partial charge on any atom is 0.222 e. The van der Waals surface area contributed by atoms with E-state index >= 15 is 0 Å². The first kappa shape index (κ1) is 11.9. The monoisotopic (exact) mass is 211 g/mol. The van der Waals surface area contributed by atoms with Gasteiger partial charge in [-0.1, -0.05) is 0 Å². The molecule has 0 aliphatic carbocycles. The van der Waals surface area contributed by atoms with Gasteiger partial charge in [0.05, 0.1) is 13.2 Å². The first-order chi connectivity index (χ1) is 7.33. The van der Waals surface area contributed by atoms with Crippen LogP contribution in [0.3, 0.4) is 0 Å². The van der Waals surface area contributed by atoms with Crippen LogP contribution in [0.2, 0.25) is 0 Å². The highest BCUT2D eigenvalue weighted by Gasteiger charge is 1.94. The number of rotatable bonds is 7. The molecule has 0 aromatic carbocycles. The number of aryl methyl sites for hydroxylation is 1. The van der Waals surface area contributed by atoms with Gasteiger partial charge in [-0.05, 0) is 19.4 Å². The molecular formula is C10H17N3O2. The highest BCUT2D eigenvalue weighted by atomic mass is 16.5. The quantitative estimate of drug-likeness (QED) is 0.646. The normalized spacial score (nSPS) is 10.3. The van der Waals surface area contributed by atoms with Crippen LogP contribution >= 0.6 is 0 Å². The van der Waals surface area contributed by atoms with E-state index in [2.05, 4.69) is 15.3 Å². The summed E-state index contributed by atoms with van der Waals surface area (Å²) in [6.45, 7) is 3.82. The van der Waals surface area contributed by atoms with Gasteiger partial charge in [-0.25, -0.2) is 9.97 Å². The average molecular weight is 211 g/mol. The molecular weight excluding hydrogens is 194 g/mol. The Bertz CT molecular complexity index is 281. The van der Waals surface area contributed by atoms with E-state index in [-0.39, 0.29) is 6.61 Å². The van der Waals surface area contributed by atoms with Crippen LogP contribution in [0.15, 0.2) is 12.3 Å². The fourth-order valence-electron chi connectivity index (χ4n) is 1.08. The first-order valence-corrected chi connectivity index (χ1v) is 5.05. The maximum absolute atomic E-state index is 8.47. The number of aliphatic hydroxyl groups is 1. The Labute approximate surface area is 89.5 Å². The molecule has 84 valence electrons. The Morgan fingerprint density at radius 1 is 1.47 bits per heavy atom. The van der Waals surface area contributed by atoms with Crippen molar-refractivity contribution < 1.29 is 9.84 Å². The second-order valence-electron chi connectivity index (χ2n) is 3.14. The van der Waals surface area contributed by atoms with Crippen molar-refractivity contribution in [1.82, 2.24) is 9.97 Å². The predicted octanol–water partition coefficient (Wildman–Crippen LogP) is 0.596. The summed E-state index contributed by atoms with van der Waals surface area (Å²) in [5.41, 5.74) is 0.948. The minimum absolute atomic E-state index is 0.0778. The van der Waals surface area contributed by atoms with Gasteiger partial charge in [0.25, 0.3) is 0 Å². The highest BCUT2D eigenvalue weighted by Crippen LogP contribution is 1.98. The van der Waals surface area contributed by atoms with Crippen molar-refractivity contribution in [2.75, 3.05) is 31.7 Å². The van der Waals surface area contributed by atoms with E-state index in [0.717, 1.165) is 18.7 Å². The Kier molecular flexibility index (Phi) is 5.65. The maximum atomic E-state index is 8.47. The lowest BCUT2D eigenvalue weighted by Gasteiger charge is -2.05. The Balaban J connectivity index is 2.10. The zero-order valence-electron chi connectivity index (χ0n) is 8.94. The molecule has 0 aliphatic heterocycles. The van der Waals surface area contributed by atoms with Crippen LogP contribution < -0.4 is 5.32 Å². The van der Waals surface area contributed by atoms with Crippen LogP contribution in [-0.4, -0.2) is 41.4 Å². The summed E-state index contributed by atoms with van der Waals surface area (Å²) in [7, 11) is 0. The van der Waals surface area contributed by atoms with E-state index < -0.39 is 0 Å². The molecule has 0 atom stereocenters. The molecule has 5 heteroatoms. The summed E-state index contributed by atoms with van der Waals surface area (Å²) in [6.07, 6.45) is 2.60. The number of aliphatic hydroxyl groups excluding tert-OH is 1. The minimum atomic E-state index is 0.0778. The summed E-state index contributed by atoms with van der Waals surface area (Å²) in [5, 5.41) is 11.6. The van der Waals surface area contributed by atoms with E-state index in [0.29, 0.717) is 19.2 Å². The van der Waals surface area contributed by atoms with Crippen LogP contribution in [0.1, 0.15) is 12.1 Å². The highest BCUT2D eigenvalue weighted by molar-refractivity contribution is 5.24. The number of nitrogens with one attached hydrogen (secondary N) is 1. The molecule has 0 aliphatic rings. The number of nitrogens with zero attached hydrogens (tertiary/aromatic N) is 2. The largest absolute Gasteiger partial charge is 0.394 e. The molecule has 0 amide bonds. The smallest absolute Gasteiger partial charge is 0.222 e. The molecule has 5 nitrogen and oxygen atoms in total. The second-order valence-corrected chi connectivity index (χ2v) is 3.14. The molecule has 1 aromatic rings. The topological polar surface area (TPSA) is 67.3 Å². The van der Waals surface area contributed by atoms with Crippen molar-refractivity contribution in [2.24, 2.45) is 0 Å². The lowest BCUT2D eigenvalue weighted by atomic mass is 10.4. The molecule has 0 unspecified atom stereocenters. The molecule has 1 heterocycles.